The van der Waals surface area contributed by atoms with Crippen molar-refractivity contribution in [2.24, 2.45) is 0 Å². The first kappa shape index (κ1) is 24.7. The Morgan fingerprint density at radius 2 is 1.92 bits per heavy atom. The van der Waals surface area contributed by atoms with E-state index in [9.17, 15) is 9.59 Å². The molecule has 190 valence electrons. The molecule has 9 nitrogen and oxygen atoms in total. The van der Waals surface area contributed by atoms with E-state index in [1.807, 2.05) is 30.3 Å². The topological polar surface area (TPSA) is 105 Å². The second kappa shape index (κ2) is 11.0. The summed E-state index contributed by atoms with van der Waals surface area (Å²) in [5.41, 5.74) is 1.62. The minimum atomic E-state index is -0.253. The molecule has 1 fully saturated rings. The van der Waals surface area contributed by atoms with Crippen LogP contribution in [-0.4, -0.2) is 50.7 Å². The van der Waals surface area contributed by atoms with Gasteiger partial charge in [0.2, 0.25) is 5.70 Å². The fourth-order valence-corrected chi connectivity index (χ4v) is 4.64. The Kier molecular flexibility index (Phi) is 7.13. The molecule has 2 aromatic carbocycles. The molecule has 9 heteroatoms. The maximum atomic E-state index is 13.5. The number of aromatic nitrogens is 3. The molecule has 38 heavy (non-hydrogen) atoms. The number of benzene rings is 2. The van der Waals surface area contributed by atoms with E-state index >= 15 is 0 Å². The Labute approximate surface area is 220 Å². The highest BCUT2D eigenvalue weighted by molar-refractivity contribution is 6.18. The number of allylic oxidation sites excluding steroid dienone is 1. The van der Waals surface area contributed by atoms with Crippen molar-refractivity contribution in [1.29, 1.82) is 0 Å². The van der Waals surface area contributed by atoms with Gasteiger partial charge in [-0.25, -0.2) is 14.8 Å². The largest absolute Gasteiger partial charge is 0.457 e. The molecule has 0 radical (unpaired) electrons. The zero-order valence-electron chi connectivity index (χ0n) is 20.8. The highest BCUT2D eigenvalue weighted by Crippen LogP contribution is 2.28. The zero-order valence-corrected chi connectivity index (χ0v) is 20.8. The lowest BCUT2D eigenvalue weighted by atomic mass is 10.0. The summed E-state index contributed by atoms with van der Waals surface area (Å²) in [6.45, 7) is 10.0. The number of ether oxygens (including phenoxy) is 1. The molecule has 0 spiro atoms. The predicted octanol–water partition coefficient (Wildman–Crippen LogP) is 5.21. The van der Waals surface area contributed by atoms with Gasteiger partial charge in [-0.05, 0) is 49.2 Å². The highest BCUT2D eigenvalue weighted by atomic mass is 16.5. The Hall–Kier alpha value is -4.97. The average molecular weight is 507 g/mol. The fraction of sp³-hybridized carbons (Fsp3) is 0.207. The Morgan fingerprint density at radius 1 is 1.16 bits per heavy atom. The number of nitrogens with zero attached hydrogens (tertiary/aromatic N) is 4. The van der Waals surface area contributed by atoms with Crippen LogP contribution in [0.5, 0.6) is 11.5 Å². The summed E-state index contributed by atoms with van der Waals surface area (Å²) in [5.74, 6) is 1.44. The maximum absolute atomic E-state index is 13.5. The molecule has 1 amide bonds. The van der Waals surface area contributed by atoms with E-state index in [2.05, 4.69) is 25.1 Å². The first-order chi connectivity index (χ1) is 18.6. The monoisotopic (exact) mass is 506 g/mol. The van der Waals surface area contributed by atoms with E-state index in [0.29, 0.717) is 46.8 Å². The van der Waals surface area contributed by atoms with Crippen LogP contribution in [0.15, 0.2) is 78.9 Å². The molecule has 4 aromatic rings. The SMILES string of the molecule is [C-]#[N+]/C(=C\C)C(=O)N1CCCC1CNc1ncnc2[nH]cc(C(=O)c3ccc(Oc4ccccc4)cc3)c12. The summed E-state index contributed by atoms with van der Waals surface area (Å²) < 4.78 is 5.83. The molecule has 2 aromatic heterocycles. The van der Waals surface area contributed by atoms with E-state index in [-0.39, 0.29) is 23.4 Å². The van der Waals surface area contributed by atoms with E-state index in [1.165, 1.54) is 6.33 Å². The van der Waals surface area contributed by atoms with Crippen LogP contribution < -0.4 is 10.1 Å². The molecular weight excluding hydrogens is 480 g/mol. The van der Waals surface area contributed by atoms with Crippen molar-refractivity contribution in [2.75, 3.05) is 18.4 Å². The molecule has 0 saturated carbocycles. The van der Waals surface area contributed by atoms with Gasteiger partial charge >= 0.3 is 0 Å². The first-order valence-corrected chi connectivity index (χ1v) is 12.4. The van der Waals surface area contributed by atoms with Gasteiger partial charge in [-0.1, -0.05) is 31.2 Å². The van der Waals surface area contributed by atoms with Crippen LogP contribution >= 0.6 is 0 Å². The smallest absolute Gasteiger partial charge is 0.252 e. The lowest BCUT2D eigenvalue weighted by Crippen LogP contribution is -2.40. The third kappa shape index (κ3) is 4.97. The number of rotatable bonds is 8. The number of hydrogen-bond acceptors (Lipinski definition) is 6. The number of amides is 1. The van der Waals surface area contributed by atoms with Crippen LogP contribution in [0.2, 0.25) is 0 Å². The van der Waals surface area contributed by atoms with Gasteiger partial charge in [0.15, 0.2) is 5.78 Å². The number of nitrogens with one attached hydrogen (secondary N) is 2. The van der Waals surface area contributed by atoms with Crippen molar-refractivity contribution in [3.63, 3.8) is 0 Å². The van der Waals surface area contributed by atoms with Gasteiger partial charge in [0, 0.05) is 30.9 Å². The molecule has 2 N–H and O–H groups in total. The summed E-state index contributed by atoms with van der Waals surface area (Å²) >= 11 is 0. The first-order valence-electron chi connectivity index (χ1n) is 12.4. The van der Waals surface area contributed by atoms with Crippen LogP contribution in [0.1, 0.15) is 35.7 Å². The number of likely N-dealkylation sites (tertiary alicyclic amines) is 1. The number of H-pyrrole nitrogens is 1. The maximum Gasteiger partial charge on any atom is 0.252 e. The summed E-state index contributed by atoms with van der Waals surface area (Å²) in [6, 6.07) is 16.3. The van der Waals surface area contributed by atoms with Gasteiger partial charge in [0.05, 0.1) is 17.5 Å². The molecule has 1 aliphatic rings. The predicted molar refractivity (Wildman–Crippen MR) is 144 cm³/mol. The van der Waals surface area contributed by atoms with Gasteiger partial charge in [0.25, 0.3) is 5.91 Å². The summed E-state index contributed by atoms with van der Waals surface area (Å²) in [6.07, 6.45) is 6.30. The van der Waals surface area contributed by atoms with Crippen LogP contribution in [0, 0.1) is 6.57 Å². The molecule has 3 heterocycles. The van der Waals surface area contributed by atoms with Crippen molar-refractivity contribution < 1.29 is 14.3 Å². The van der Waals surface area contributed by atoms with Crippen LogP contribution in [0.25, 0.3) is 15.9 Å². The third-order valence-electron chi connectivity index (χ3n) is 6.57. The standard InChI is InChI=1S/C29H26N6O3/c1-3-24(30-2)29(37)35-15-7-8-20(35)16-31-27-25-23(17-32-28(25)34-18-33-27)26(36)19-11-13-22(14-12-19)38-21-9-5-4-6-10-21/h3-6,9-14,17-18,20H,7-8,15-16H2,1H3,(H2,31,32,33,34)/b24-3-. The Balaban J connectivity index is 1.34. The van der Waals surface area contributed by atoms with E-state index in [1.54, 1.807) is 48.4 Å². The average Bonchev–Trinajstić information content (AvgIpc) is 3.61. The molecule has 0 bridgehead atoms. The number of para-hydroxylation sites is 1. The number of ketones is 1. The zero-order chi connectivity index (χ0) is 26.5. The van der Waals surface area contributed by atoms with Crippen molar-refractivity contribution in [1.82, 2.24) is 19.9 Å². The number of anilines is 1. The molecular formula is C29H26N6O3. The number of fused-ring (bicyclic) bond motifs is 1. The van der Waals surface area contributed by atoms with Crippen LogP contribution in [0.4, 0.5) is 5.82 Å². The molecule has 1 saturated heterocycles. The quantitative estimate of drug-likeness (QED) is 0.193. The molecule has 0 aliphatic carbocycles. The summed E-state index contributed by atoms with van der Waals surface area (Å²) in [4.78, 5) is 43.1. The van der Waals surface area contributed by atoms with E-state index < -0.39 is 0 Å². The van der Waals surface area contributed by atoms with Gasteiger partial charge < -0.3 is 19.9 Å². The Morgan fingerprint density at radius 3 is 2.66 bits per heavy atom. The van der Waals surface area contributed by atoms with E-state index in [0.717, 1.165) is 18.6 Å². The molecule has 5 rings (SSSR count). The lowest BCUT2D eigenvalue weighted by molar-refractivity contribution is -0.127. The number of carbonyl (C=O) groups excluding carboxylic acids is 2. The van der Waals surface area contributed by atoms with Gasteiger partial charge in [-0.2, -0.15) is 0 Å². The molecule has 1 atom stereocenters. The van der Waals surface area contributed by atoms with Gasteiger partial charge in [-0.3, -0.25) is 9.59 Å². The minimum Gasteiger partial charge on any atom is -0.457 e. The van der Waals surface area contributed by atoms with Gasteiger partial charge in [0.1, 0.15) is 29.3 Å². The minimum absolute atomic E-state index is 0.0838. The number of carbonyl (C=O) groups is 2. The second-order valence-corrected chi connectivity index (χ2v) is 8.88. The van der Waals surface area contributed by atoms with Crippen molar-refractivity contribution in [3.05, 3.63) is 101 Å². The van der Waals surface area contributed by atoms with Crippen LogP contribution in [-0.2, 0) is 4.79 Å². The number of hydrogen-bond donors (Lipinski definition) is 2. The number of aromatic amines is 1. The van der Waals surface area contributed by atoms with Gasteiger partial charge in [-0.15, -0.1) is 0 Å². The summed E-state index contributed by atoms with van der Waals surface area (Å²) in [7, 11) is 0. The second-order valence-electron chi connectivity index (χ2n) is 8.88. The third-order valence-corrected chi connectivity index (χ3v) is 6.57. The lowest BCUT2D eigenvalue weighted by Gasteiger charge is -2.25. The van der Waals surface area contributed by atoms with Crippen molar-refractivity contribution >= 4 is 28.5 Å². The van der Waals surface area contributed by atoms with Crippen molar-refractivity contribution in [2.45, 2.75) is 25.8 Å². The highest BCUT2D eigenvalue weighted by Gasteiger charge is 2.30. The van der Waals surface area contributed by atoms with Crippen LogP contribution in [0.3, 0.4) is 0 Å². The normalized spacial score (nSPS) is 15.3. The summed E-state index contributed by atoms with van der Waals surface area (Å²) in [5, 5.41) is 3.92. The fourth-order valence-electron chi connectivity index (χ4n) is 4.64. The van der Waals surface area contributed by atoms with Crippen molar-refractivity contribution in [3.8, 4) is 11.5 Å². The Bertz CT molecular complexity index is 1540. The molecule has 1 unspecified atom stereocenters. The van der Waals surface area contributed by atoms with E-state index in [4.69, 9.17) is 11.3 Å². The molecule has 1 aliphatic heterocycles.